The Labute approximate surface area is 125 Å². The number of hydrogen-bond donors (Lipinski definition) is 2. The van der Waals surface area contributed by atoms with Gasteiger partial charge in [0.05, 0.1) is 0 Å². The van der Waals surface area contributed by atoms with E-state index in [1.54, 1.807) is 18.2 Å². The van der Waals surface area contributed by atoms with E-state index >= 15 is 0 Å². The number of halogens is 2. The second-order valence-electron chi connectivity index (χ2n) is 3.92. The van der Waals surface area contributed by atoms with Crippen LogP contribution in [0.25, 0.3) is 0 Å². The van der Waals surface area contributed by atoms with E-state index in [1.165, 1.54) is 0 Å². The number of amides is 2. The summed E-state index contributed by atoms with van der Waals surface area (Å²) in [5.74, 6) is 0.388. The van der Waals surface area contributed by atoms with Crippen LogP contribution in [0.15, 0.2) is 18.2 Å². The highest BCUT2D eigenvalue weighted by molar-refractivity contribution is 6.53. The summed E-state index contributed by atoms with van der Waals surface area (Å²) in [5, 5.41) is 5.12. The van der Waals surface area contributed by atoms with Crippen molar-refractivity contribution in [1.82, 2.24) is 10.6 Å². The molecule has 0 aliphatic carbocycles. The number of hydrogen-bond acceptors (Lipinski definition) is 4. The standard InChI is InChI=1S/C12H12Cl2N2O4/c13-10(14)12(18)16-4-3-15-11(17)7-1-2-8-9(5-7)20-6-19-8/h1-2,5,10H,3-4,6H2,(H,15,17)(H,16,18). The van der Waals surface area contributed by atoms with Gasteiger partial charge in [0, 0.05) is 18.7 Å². The number of nitrogens with one attached hydrogen (secondary N) is 2. The lowest BCUT2D eigenvalue weighted by Gasteiger charge is -2.07. The third kappa shape index (κ3) is 3.68. The summed E-state index contributed by atoms with van der Waals surface area (Å²) < 4.78 is 10.3. The molecule has 1 aliphatic rings. The molecular weight excluding hydrogens is 307 g/mol. The van der Waals surface area contributed by atoms with Gasteiger partial charge in [-0.1, -0.05) is 23.2 Å². The van der Waals surface area contributed by atoms with Gasteiger partial charge in [0.1, 0.15) is 0 Å². The molecule has 1 aromatic carbocycles. The molecule has 0 unspecified atom stereocenters. The molecular formula is C12H12Cl2N2O4. The maximum absolute atomic E-state index is 11.9. The second-order valence-corrected chi connectivity index (χ2v) is 5.01. The summed E-state index contributed by atoms with van der Waals surface area (Å²) in [7, 11) is 0. The van der Waals surface area contributed by atoms with Crippen LogP contribution in [-0.4, -0.2) is 36.5 Å². The van der Waals surface area contributed by atoms with Crippen LogP contribution in [0.3, 0.4) is 0 Å². The summed E-state index contributed by atoms with van der Waals surface area (Å²) >= 11 is 10.7. The van der Waals surface area contributed by atoms with Crippen molar-refractivity contribution in [3.8, 4) is 11.5 Å². The Hall–Kier alpha value is -1.66. The highest BCUT2D eigenvalue weighted by Crippen LogP contribution is 2.32. The zero-order chi connectivity index (χ0) is 14.5. The van der Waals surface area contributed by atoms with Gasteiger partial charge in [-0.05, 0) is 18.2 Å². The van der Waals surface area contributed by atoms with E-state index in [4.69, 9.17) is 32.7 Å². The van der Waals surface area contributed by atoms with E-state index in [1.807, 2.05) is 0 Å². The van der Waals surface area contributed by atoms with Gasteiger partial charge in [0.15, 0.2) is 16.3 Å². The third-order valence-corrected chi connectivity index (χ3v) is 2.94. The Balaban J connectivity index is 1.79. The molecule has 1 aromatic rings. The maximum atomic E-state index is 11.9. The minimum Gasteiger partial charge on any atom is -0.454 e. The zero-order valence-electron chi connectivity index (χ0n) is 10.3. The first-order valence-corrected chi connectivity index (χ1v) is 6.69. The van der Waals surface area contributed by atoms with Crippen LogP contribution in [0.2, 0.25) is 0 Å². The molecule has 1 aliphatic heterocycles. The van der Waals surface area contributed by atoms with Crippen molar-refractivity contribution >= 4 is 35.0 Å². The molecule has 108 valence electrons. The number of benzene rings is 1. The predicted octanol–water partition coefficient (Wildman–Crippen LogP) is 1.07. The molecule has 0 bridgehead atoms. The van der Waals surface area contributed by atoms with E-state index in [2.05, 4.69) is 10.6 Å². The van der Waals surface area contributed by atoms with Gasteiger partial charge in [0.2, 0.25) is 6.79 Å². The lowest BCUT2D eigenvalue weighted by atomic mass is 10.2. The minimum atomic E-state index is -1.11. The highest BCUT2D eigenvalue weighted by Gasteiger charge is 2.16. The summed E-state index contributed by atoms with van der Waals surface area (Å²) in [6.45, 7) is 0.662. The zero-order valence-corrected chi connectivity index (χ0v) is 11.8. The Morgan fingerprint density at radius 1 is 1.15 bits per heavy atom. The molecule has 0 fully saturated rings. The Morgan fingerprint density at radius 3 is 2.60 bits per heavy atom. The van der Waals surface area contributed by atoms with Crippen LogP contribution in [-0.2, 0) is 4.79 Å². The van der Waals surface area contributed by atoms with Crippen LogP contribution in [0, 0.1) is 0 Å². The summed E-state index contributed by atoms with van der Waals surface area (Å²) in [5.41, 5.74) is 0.452. The van der Waals surface area contributed by atoms with E-state index in [0.29, 0.717) is 17.1 Å². The van der Waals surface area contributed by atoms with Gasteiger partial charge in [-0.15, -0.1) is 0 Å². The van der Waals surface area contributed by atoms with Gasteiger partial charge >= 0.3 is 0 Å². The average Bonchev–Trinajstić information content (AvgIpc) is 2.90. The van der Waals surface area contributed by atoms with E-state index in [-0.39, 0.29) is 25.8 Å². The van der Waals surface area contributed by atoms with Gasteiger partial charge in [-0.3, -0.25) is 9.59 Å². The average molecular weight is 319 g/mol. The molecule has 0 radical (unpaired) electrons. The molecule has 20 heavy (non-hydrogen) atoms. The van der Waals surface area contributed by atoms with Crippen molar-refractivity contribution in [3.05, 3.63) is 23.8 Å². The van der Waals surface area contributed by atoms with Crippen molar-refractivity contribution in [2.24, 2.45) is 0 Å². The number of rotatable bonds is 5. The fraction of sp³-hybridized carbons (Fsp3) is 0.333. The fourth-order valence-electron chi connectivity index (χ4n) is 1.58. The largest absolute Gasteiger partial charge is 0.454 e. The van der Waals surface area contributed by atoms with Crippen LogP contribution in [0.1, 0.15) is 10.4 Å². The molecule has 1 heterocycles. The number of alkyl halides is 2. The third-order valence-electron chi connectivity index (χ3n) is 2.54. The monoisotopic (exact) mass is 318 g/mol. The van der Waals surface area contributed by atoms with E-state index in [0.717, 1.165) is 0 Å². The molecule has 0 saturated heterocycles. The fourth-order valence-corrected chi connectivity index (χ4v) is 1.73. The first-order chi connectivity index (χ1) is 9.58. The lowest BCUT2D eigenvalue weighted by molar-refractivity contribution is -0.119. The molecule has 0 atom stereocenters. The molecule has 8 heteroatoms. The van der Waals surface area contributed by atoms with Gasteiger partial charge in [0.25, 0.3) is 11.8 Å². The summed E-state index contributed by atoms with van der Waals surface area (Å²) in [6, 6.07) is 4.91. The topological polar surface area (TPSA) is 76.7 Å². The molecule has 6 nitrogen and oxygen atoms in total. The Morgan fingerprint density at radius 2 is 1.85 bits per heavy atom. The van der Waals surface area contributed by atoms with Crippen molar-refractivity contribution in [1.29, 1.82) is 0 Å². The number of fused-ring (bicyclic) bond motifs is 1. The van der Waals surface area contributed by atoms with Gasteiger partial charge < -0.3 is 20.1 Å². The quantitative estimate of drug-likeness (QED) is 0.629. The van der Waals surface area contributed by atoms with E-state index in [9.17, 15) is 9.59 Å². The molecule has 2 rings (SSSR count). The minimum absolute atomic E-state index is 0.157. The van der Waals surface area contributed by atoms with Gasteiger partial charge in [-0.25, -0.2) is 0 Å². The SMILES string of the molecule is O=C(NCCNC(=O)C(Cl)Cl)c1ccc2c(c1)OCO2. The molecule has 2 amide bonds. The first-order valence-electron chi connectivity index (χ1n) is 5.81. The lowest BCUT2D eigenvalue weighted by Crippen LogP contribution is -2.36. The van der Waals surface area contributed by atoms with Crippen LogP contribution in [0.4, 0.5) is 0 Å². The maximum Gasteiger partial charge on any atom is 0.253 e. The first kappa shape index (κ1) is 14.7. The number of carbonyl (C=O) groups is 2. The second kappa shape index (κ2) is 6.67. The predicted molar refractivity (Wildman–Crippen MR) is 73.4 cm³/mol. The highest BCUT2D eigenvalue weighted by atomic mass is 35.5. The van der Waals surface area contributed by atoms with Crippen LogP contribution < -0.4 is 20.1 Å². The van der Waals surface area contributed by atoms with Crippen LogP contribution >= 0.6 is 23.2 Å². The Bertz CT molecular complexity index is 522. The van der Waals surface area contributed by atoms with E-state index < -0.39 is 10.7 Å². The van der Waals surface area contributed by atoms with Crippen molar-refractivity contribution < 1.29 is 19.1 Å². The summed E-state index contributed by atoms with van der Waals surface area (Å²) in [6.07, 6.45) is 0. The van der Waals surface area contributed by atoms with Crippen LogP contribution in [0.5, 0.6) is 11.5 Å². The van der Waals surface area contributed by atoms with Gasteiger partial charge in [-0.2, -0.15) is 0 Å². The molecule has 0 spiro atoms. The Kier molecular flexibility index (Phi) is 4.92. The van der Waals surface area contributed by atoms with Crippen molar-refractivity contribution in [2.75, 3.05) is 19.9 Å². The summed E-state index contributed by atoms with van der Waals surface area (Å²) in [4.78, 5) is 21.8. The smallest absolute Gasteiger partial charge is 0.253 e. The molecule has 0 aromatic heterocycles. The number of carbonyl (C=O) groups excluding carboxylic acids is 2. The normalized spacial score (nSPS) is 12.3. The molecule has 0 saturated carbocycles. The van der Waals surface area contributed by atoms with Crippen molar-refractivity contribution in [2.45, 2.75) is 4.84 Å². The number of ether oxygens (including phenoxy) is 2. The van der Waals surface area contributed by atoms with Crippen molar-refractivity contribution in [3.63, 3.8) is 0 Å². The molecule has 2 N–H and O–H groups in total.